The van der Waals surface area contributed by atoms with E-state index in [4.69, 9.17) is 4.74 Å². The Labute approximate surface area is 167 Å². The molecule has 1 aliphatic heterocycles. The molecule has 6 heteroatoms. The van der Waals surface area contributed by atoms with E-state index in [1.54, 1.807) is 12.1 Å². The van der Waals surface area contributed by atoms with Crippen LogP contribution in [0, 0.1) is 5.82 Å². The van der Waals surface area contributed by atoms with Crippen LogP contribution in [0.2, 0.25) is 0 Å². The number of carbonyl (C=O) groups is 1. The van der Waals surface area contributed by atoms with Gasteiger partial charge in [0.05, 0.1) is 7.11 Å². The van der Waals surface area contributed by atoms with Crippen LogP contribution in [0.4, 0.5) is 4.39 Å². The minimum absolute atomic E-state index is 0.0214. The highest BCUT2D eigenvalue weighted by atomic mass is 79.9. The van der Waals surface area contributed by atoms with Crippen molar-refractivity contribution in [2.45, 2.75) is 6.54 Å². The van der Waals surface area contributed by atoms with E-state index >= 15 is 0 Å². The Morgan fingerprint density at radius 3 is 2.48 bits per heavy atom. The van der Waals surface area contributed by atoms with Crippen LogP contribution >= 0.6 is 15.9 Å². The molecular formula is C21H22BrFN2O2. The van der Waals surface area contributed by atoms with Crippen molar-refractivity contribution in [2.24, 2.45) is 0 Å². The maximum Gasteiger partial charge on any atom is 0.246 e. The van der Waals surface area contributed by atoms with Crippen molar-refractivity contribution in [1.82, 2.24) is 9.80 Å². The molecule has 0 spiro atoms. The van der Waals surface area contributed by atoms with Gasteiger partial charge in [-0.05, 0) is 41.5 Å². The van der Waals surface area contributed by atoms with Gasteiger partial charge < -0.3 is 9.64 Å². The monoisotopic (exact) mass is 432 g/mol. The predicted molar refractivity (Wildman–Crippen MR) is 108 cm³/mol. The van der Waals surface area contributed by atoms with Crippen LogP contribution in [0.1, 0.15) is 11.1 Å². The number of benzene rings is 2. The number of carbonyl (C=O) groups excluding carboxylic acids is 1. The molecule has 1 saturated heterocycles. The summed E-state index contributed by atoms with van der Waals surface area (Å²) < 4.78 is 19.8. The summed E-state index contributed by atoms with van der Waals surface area (Å²) in [4.78, 5) is 16.4. The molecule has 0 radical (unpaired) electrons. The second kappa shape index (κ2) is 9.15. The molecule has 2 aromatic carbocycles. The first-order valence-electron chi connectivity index (χ1n) is 8.82. The predicted octanol–water partition coefficient (Wildman–Crippen LogP) is 3.95. The maximum absolute atomic E-state index is 13.8. The van der Waals surface area contributed by atoms with Crippen LogP contribution in [0.3, 0.4) is 0 Å². The van der Waals surface area contributed by atoms with Gasteiger partial charge in [-0.3, -0.25) is 9.69 Å². The Bertz CT molecular complexity index is 815. The van der Waals surface area contributed by atoms with Gasteiger partial charge in [0.2, 0.25) is 5.91 Å². The molecule has 1 fully saturated rings. The first kappa shape index (κ1) is 19.6. The van der Waals surface area contributed by atoms with Gasteiger partial charge in [0.1, 0.15) is 0 Å². The quantitative estimate of drug-likeness (QED) is 0.670. The third-order valence-electron chi connectivity index (χ3n) is 4.59. The highest BCUT2D eigenvalue weighted by molar-refractivity contribution is 9.10. The van der Waals surface area contributed by atoms with Gasteiger partial charge in [0.15, 0.2) is 11.6 Å². The van der Waals surface area contributed by atoms with Crippen LogP contribution < -0.4 is 4.74 Å². The van der Waals surface area contributed by atoms with Gasteiger partial charge >= 0.3 is 0 Å². The van der Waals surface area contributed by atoms with Crippen molar-refractivity contribution in [3.05, 3.63) is 70.0 Å². The Kier molecular flexibility index (Phi) is 6.63. The fourth-order valence-electron chi connectivity index (χ4n) is 3.04. The second-order valence-electron chi connectivity index (χ2n) is 6.46. The summed E-state index contributed by atoms with van der Waals surface area (Å²) in [6.45, 7) is 3.54. The largest absolute Gasteiger partial charge is 0.494 e. The van der Waals surface area contributed by atoms with Crippen molar-refractivity contribution in [3.63, 3.8) is 0 Å². The lowest BCUT2D eigenvalue weighted by molar-refractivity contribution is -0.127. The van der Waals surface area contributed by atoms with Gasteiger partial charge in [0.25, 0.3) is 0 Å². The van der Waals surface area contributed by atoms with E-state index in [-0.39, 0.29) is 17.5 Å². The number of hydrogen-bond donors (Lipinski definition) is 0. The average Bonchev–Trinajstić information content (AvgIpc) is 2.68. The van der Waals surface area contributed by atoms with Gasteiger partial charge in [0, 0.05) is 43.3 Å². The highest BCUT2D eigenvalue weighted by Crippen LogP contribution is 2.19. The van der Waals surface area contributed by atoms with E-state index in [9.17, 15) is 9.18 Å². The molecule has 0 atom stereocenters. The summed E-state index contributed by atoms with van der Waals surface area (Å²) in [5.41, 5.74) is 1.90. The molecule has 2 aromatic rings. The molecule has 1 aliphatic rings. The van der Waals surface area contributed by atoms with Gasteiger partial charge in [-0.15, -0.1) is 0 Å². The van der Waals surface area contributed by atoms with Gasteiger partial charge in [-0.1, -0.05) is 34.1 Å². The van der Waals surface area contributed by atoms with Crippen molar-refractivity contribution in [1.29, 1.82) is 0 Å². The minimum atomic E-state index is -0.345. The molecule has 1 amide bonds. The van der Waals surface area contributed by atoms with E-state index in [0.717, 1.165) is 28.7 Å². The maximum atomic E-state index is 13.8. The summed E-state index contributed by atoms with van der Waals surface area (Å²) in [5.74, 6) is -0.0679. The molecule has 0 aromatic heterocycles. The van der Waals surface area contributed by atoms with Crippen molar-refractivity contribution in [2.75, 3.05) is 33.3 Å². The van der Waals surface area contributed by atoms with Gasteiger partial charge in [-0.25, -0.2) is 4.39 Å². The minimum Gasteiger partial charge on any atom is -0.494 e. The summed E-state index contributed by atoms with van der Waals surface area (Å²) in [6, 6.07) is 12.9. The summed E-state index contributed by atoms with van der Waals surface area (Å²) >= 11 is 3.40. The summed E-state index contributed by atoms with van der Waals surface area (Å²) in [7, 11) is 1.46. The third-order valence-corrected chi connectivity index (χ3v) is 5.12. The van der Waals surface area contributed by atoms with Crippen LogP contribution in [0.15, 0.2) is 53.0 Å². The topological polar surface area (TPSA) is 32.8 Å². The fourth-order valence-corrected chi connectivity index (χ4v) is 3.30. The first-order chi connectivity index (χ1) is 13.0. The lowest BCUT2D eigenvalue weighted by atomic mass is 10.1. The van der Waals surface area contributed by atoms with Crippen LogP contribution in [-0.2, 0) is 11.3 Å². The molecule has 3 rings (SSSR count). The standard InChI is InChI=1S/C21H22BrFN2O2/c1-27-20-8-4-17(14-19(20)23)15-24-10-12-25(13-11-24)21(26)9-5-16-2-6-18(22)7-3-16/h2-9,14H,10-13,15H2,1H3/b9-5+. The van der Waals surface area contributed by atoms with E-state index in [2.05, 4.69) is 20.8 Å². The van der Waals surface area contributed by atoms with E-state index in [1.165, 1.54) is 13.2 Å². The van der Waals surface area contributed by atoms with E-state index < -0.39 is 0 Å². The zero-order chi connectivity index (χ0) is 19.2. The molecule has 0 aliphatic carbocycles. The van der Waals surface area contributed by atoms with E-state index in [1.807, 2.05) is 41.3 Å². The Morgan fingerprint density at radius 2 is 1.85 bits per heavy atom. The lowest BCUT2D eigenvalue weighted by Crippen LogP contribution is -2.47. The number of amides is 1. The number of hydrogen-bond acceptors (Lipinski definition) is 3. The number of halogens is 2. The lowest BCUT2D eigenvalue weighted by Gasteiger charge is -2.34. The van der Waals surface area contributed by atoms with Crippen molar-refractivity contribution < 1.29 is 13.9 Å². The normalized spacial score (nSPS) is 15.3. The molecule has 0 N–H and O–H groups in total. The zero-order valence-corrected chi connectivity index (χ0v) is 16.8. The molecule has 1 heterocycles. The number of piperazine rings is 1. The molecular weight excluding hydrogens is 411 g/mol. The van der Waals surface area contributed by atoms with Crippen molar-refractivity contribution >= 4 is 27.9 Å². The second-order valence-corrected chi connectivity index (χ2v) is 7.37. The Hall–Kier alpha value is -2.18. The van der Waals surface area contributed by atoms with Gasteiger partial charge in [-0.2, -0.15) is 0 Å². The molecule has 0 saturated carbocycles. The van der Waals surface area contributed by atoms with Crippen LogP contribution in [-0.4, -0.2) is 49.0 Å². The first-order valence-corrected chi connectivity index (χ1v) is 9.62. The smallest absolute Gasteiger partial charge is 0.246 e. The zero-order valence-electron chi connectivity index (χ0n) is 15.2. The fraction of sp³-hybridized carbons (Fsp3) is 0.286. The molecule has 142 valence electrons. The van der Waals surface area contributed by atoms with E-state index in [0.29, 0.717) is 19.6 Å². The van der Waals surface area contributed by atoms with Crippen LogP contribution in [0.25, 0.3) is 6.08 Å². The molecule has 27 heavy (non-hydrogen) atoms. The Balaban J connectivity index is 1.50. The molecule has 4 nitrogen and oxygen atoms in total. The number of ether oxygens (including phenoxy) is 1. The van der Waals surface area contributed by atoms with Crippen LogP contribution in [0.5, 0.6) is 5.75 Å². The molecule has 0 unspecified atom stereocenters. The van der Waals surface area contributed by atoms with Crippen molar-refractivity contribution in [3.8, 4) is 5.75 Å². The number of methoxy groups -OCH3 is 1. The summed E-state index contributed by atoms with van der Waals surface area (Å²) in [6.07, 6.45) is 3.46. The number of rotatable bonds is 5. The Morgan fingerprint density at radius 1 is 1.15 bits per heavy atom. The third kappa shape index (κ3) is 5.40. The highest BCUT2D eigenvalue weighted by Gasteiger charge is 2.20. The SMILES string of the molecule is COc1ccc(CN2CCN(C(=O)/C=C/c3ccc(Br)cc3)CC2)cc1F. The number of nitrogens with zero attached hydrogens (tertiary/aromatic N) is 2. The average molecular weight is 433 g/mol. The molecule has 0 bridgehead atoms. The summed E-state index contributed by atoms with van der Waals surface area (Å²) in [5, 5.41) is 0.